The minimum absolute atomic E-state index is 0.0548. The zero-order valence-electron chi connectivity index (χ0n) is 18.6. The normalized spacial score (nSPS) is 11.3. The molecule has 11 nitrogen and oxygen atoms in total. The van der Waals surface area contributed by atoms with Gasteiger partial charge in [-0.1, -0.05) is 5.11 Å². The number of azide groups is 1. The van der Waals surface area contributed by atoms with Crippen molar-refractivity contribution in [2.45, 2.75) is 39.7 Å². The third kappa shape index (κ3) is 16.5. The molecule has 0 aromatic heterocycles. The molecule has 0 aliphatic carbocycles. The Morgan fingerprint density at radius 3 is 1.97 bits per heavy atom. The van der Waals surface area contributed by atoms with Crippen LogP contribution in [0.5, 0.6) is 0 Å². The highest BCUT2D eigenvalue weighted by molar-refractivity contribution is 6.60. The van der Waals surface area contributed by atoms with Crippen molar-refractivity contribution in [3.8, 4) is 0 Å². The van der Waals surface area contributed by atoms with E-state index in [1.54, 1.807) is 0 Å². The lowest BCUT2D eigenvalue weighted by atomic mass is 10.4. The Hall–Kier alpha value is -1.24. The summed E-state index contributed by atoms with van der Waals surface area (Å²) in [7, 11) is -2.64. The second kappa shape index (κ2) is 21.0. The van der Waals surface area contributed by atoms with Gasteiger partial charge in [0.25, 0.3) is 0 Å². The van der Waals surface area contributed by atoms with Gasteiger partial charge in [0.2, 0.25) is 5.91 Å². The number of nitrogens with one attached hydrogen (secondary N) is 1. The Labute approximate surface area is 180 Å². The molecule has 0 aliphatic heterocycles. The van der Waals surface area contributed by atoms with Gasteiger partial charge in [-0.25, -0.2) is 0 Å². The predicted molar refractivity (Wildman–Crippen MR) is 114 cm³/mol. The largest absolute Gasteiger partial charge is 0.500 e. The van der Waals surface area contributed by atoms with E-state index >= 15 is 0 Å². The Morgan fingerprint density at radius 1 is 0.900 bits per heavy atom. The van der Waals surface area contributed by atoms with E-state index in [1.165, 1.54) is 0 Å². The van der Waals surface area contributed by atoms with Gasteiger partial charge in [-0.05, 0) is 32.7 Å². The molecule has 12 heteroatoms. The molecule has 0 aliphatic rings. The summed E-state index contributed by atoms with van der Waals surface area (Å²) in [6.45, 7) is 10.7. The summed E-state index contributed by atoms with van der Waals surface area (Å²) in [5, 5.41) is 6.24. The summed E-state index contributed by atoms with van der Waals surface area (Å²) in [6, 6.07) is 0.673. The van der Waals surface area contributed by atoms with Gasteiger partial charge in [-0.15, -0.1) is 0 Å². The van der Waals surface area contributed by atoms with Crippen molar-refractivity contribution in [3.63, 3.8) is 0 Å². The molecule has 1 N–H and O–H groups in total. The second-order valence-electron chi connectivity index (χ2n) is 5.98. The SMILES string of the molecule is CCO[Si](CCCNC(=O)CCOCCOCCOCCN=[N+]=[N-])(OCC)OCC. The first kappa shape index (κ1) is 28.8. The van der Waals surface area contributed by atoms with Crippen LogP contribution in [-0.2, 0) is 32.3 Å². The van der Waals surface area contributed by atoms with Crippen molar-refractivity contribution in [1.29, 1.82) is 0 Å². The third-order valence-corrected chi connectivity index (χ3v) is 6.84. The van der Waals surface area contributed by atoms with Crippen molar-refractivity contribution in [2.75, 3.05) is 72.6 Å². The minimum Gasteiger partial charge on any atom is -0.379 e. The Morgan fingerprint density at radius 2 is 1.43 bits per heavy atom. The lowest BCUT2D eigenvalue weighted by molar-refractivity contribution is -0.122. The molecule has 0 atom stereocenters. The van der Waals surface area contributed by atoms with Crippen LogP contribution >= 0.6 is 0 Å². The van der Waals surface area contributed by atoms with Gasteiger partial charge in [0.05, 0.1) is 39.6 Å². The van der Waals surface area contributed by atoms with E-state index < -0.39 is 8.80 Å². The van der Waals surface area contributed by atoms with Gasteiger partial charge in [0.15, 0.2) is 0 Å². The third-order valence-electron chi connectivity index (χ3n) is 3.69. The number of carbonyl (C=O) groups excluding carboxylic acids is 1. The quantitative estimate of drug-likeness (QED) is 0.0879. The number of hydrogen-bond donors (Lipinski definition) is 1. The van der Waals surface area contributed by atoms with E-state index in [0.29, 0.717) is 85.0 Å². The first-order valence-corrected chi connectivity index (χ1v) is 12.5. The van der Waals surface area contributed by atoms with Crippen LogP contribution in [0.25, 0.3) is 10.4 Å². The average Bonchev–Trinajstić information content (AvgIpc) is 2.72. The van der Waals surface area contributed by atoms with E-state index in [1.807, 2.05) is 20.8 Å². The van der Waals surface area contributed by atoms with Crippen molar-refractivity contribution in [2.24, 2.45) is 5.11 Å². The molecule has 0 fully saturated rings. The van der Waals surface area contributed by atoms with Gasteiger partial charge in [-0.3, -0.25) is 4.79 Å². The highest BCUT2D eigenvalue weighted by Gasteiger charge is 2.39. The van der Waals surface area contributed by atoms with Crippen LogP contribution in [0.4, 0.5) is 0 Å². The van der Waals surface area contributed by atoms with Crippen molar-refractivity contribution >= 4 is 14.7 Å². The summed E-state index contributed by atoms with van der Waals surface area (Å²) in [5.74, 6) is -0.0548. The lowest BCUT2D eigenvalue weighted by Gasteiger charge is -2.28. The second-order valence-corrected chi connectivity index (χ2v) is 8.71. The maximum atomic E-state index is 11.9. The van der Waals surface area contributed by atoms with E-state index in [9.17, 15) is 4.79 Å². The molecule has 0 radical (unpaired) electrons. The summed E-state index contributed by atoms with van der Waals surface area (Å²) in [5.41, 5.74) is 8.11. The summed E-state index contributed by atoms with van der Waals surface area (Å²) >= 11 is 0. The number of carbonyl (C=O) groups is 1. The first-order valence-electron chi connectivity index (χ1n) is 10.6. The fourth-order valence-electron chi connectivity index (χ4n) is 2.48. The average molecular weight is 451 g/mol. The van der Waals surface area contributed by atoms with Gasteiger partial charge in [-0.2, -0.15) is 0 Å². The first-order chi connectivity index (χ1) is 14.6. The Bertz CT molecular complexity index is 451. The monoisotopic (exact) mass is 450 g/mol. The standard InChI is InChI=1S/C18H38N4O7Si/c1-4-27-30(28-5-2,29-6-3)17-7-9-20-18(23)8-11-24-13-15-26-16-14-25-12-10-21-22-19/h4-17H2,1-3H3,(H,20,23). The van der Waals surface area contributed by atoms with Gasteiger partial charge >= 0.3 is 8.80 Å². The molecule has 0 unspecified atom stereocenters. The van der Waals surface area contributed by atoms with Crippen molar-refractivity contribution < 1.29 is 32.3 Å². The van der Waals surface area contributed by atoms with Crippen LogP contribution in [0.1, 0.15) is 33.6 Å². The van der Waals surface area contributed by atoms with Crippen LogP contribution < -0.4 is 5.32 Å². The van der Waals surface area contributed by atoms with Crippen LogP contribution in [0.2, 0.25) is 6.04 Å². The van der Waals surface area contributed by atoms with Gasteiger partial charge in [0, 0.05) is 50.3 Å². The number of rotatable bonds is 22. The van der Waals surface area contributed by atoms with Crippen LogP contribution in [-0.4, -0.2) is 87.3 Å². The molecule has 0 saturated carbocycles. The zero-order chi connectivity index (χ0) is 22.3. The van der Waals surface area contributed by atoms with E-state index in [4.69, 9.17) is 33.0 Å². The number of nitrogens with zero attached hydrogens (tertiary/aromatic N) is 3. The molecule has 0 saturated heterocycles. The van der Waals surface area contributed by atoms with Gasteiger partial charge in [0.1, 0.15) is 0 Å². The fourth-order valence-corrected chi connectivity index (χ4v) is 5.09. The predicted octanol–water partition coefficient (Wildman–Crippen LogP) is 2.29. The van der Waals surface area contributed by atoms with Gasteiger partial charge < -0.3 is 32.8 Å². The highest BCUT2D eigenvalue weighted by atomic mass is 28.4. The molecule has 0 rings (SSSR count). The number of hydrogen-bond acceptors (Lipinski definition) is 8. The fraction of sp³-hybridized carbons (Fsp3) is 0.944. The smallest absolute Gasteiger partial charge is 0.379 e. The van der Waals surface area contributed by atoms with Crippen LogP contribution in [0.15, 0.2) is 5.11 Å². The topological polar surface area (TPSA) is 133 Å². The summed E-state index contributed by atoms with van der Waals surface area (Å²) in [6.07, 6.45) is 1.03. The Balaban J connectivity index is 3.65. The number of ether oxygens (including phenoxy) is 3. The molecular formula is C18H38N4O7Si. The molecule has 0 heterocycles. The minimum atomic E-state index is -2.64. The maximum absolute atomic E-state index is 11.9. The molecule has 1 amide bonds. The molecule has 176 valence electrons. The number of amides is 1. The van der Waals surface area contributed by atoms with Crippen LogP contribution in [0.3, 0.4) is 0 Å². The van der Waals surface area contributed by atoms with Crippen molar-refractivity contribution in [3.05, 3.63) is 10.4 Å². The molecular weight excluding hydrogens is 412 g/mol. The zero-order valence-corrected chi connectivity index (χ0v) is 19.6. The Kier molecular flexibility index (Phi) is 20.1. The molecule has 0 aromatic carbocycles. The molecule has 0 spiro atoms. The maximum Gasteiger partial charge on any atom is 0.500 e. The van der Waals surface area contributed by atoms with Crippen molar-refractivity contribution in [1.82, 2.24) is 5.32 Å². The van der Waals surface area contributed by atoms with E-state index in [-0.39, 0.29) is 5.91 Å². The van der Waals surface area contributed by atoms with E-state index in [0.717, 1.165) is 6.42 Å². The van der Waals surface area contributed by atoms with Crippen LogP contribution in [0, 0.1) is 0 Å². The molecule has 0 bridgehead atoms. The molecule has 30 heavy (non-hydrogen) atoms. The van der Waals surface area contributed by atoms with E-state index in [2.05, 4.69) is 15.3 Å². The summed E-state index contributed by atoms with van der Waals surface area (Å²) < 4.78 is 33.3. The highest BCUT2D eigenvalue weighted by Crippen LogP contribution is 2.17. The lowest BCUT2D eigenvalue weighted by Crippen LogP contribution is -2.46. The summed E-state index contributed by atoms with van der Waals surface area (Å²) in [4.78, 5) is 14.5. The molecule has 0 aromatic rings.